The Morgan fingerprint density at radius 2 is 2.21 bits per heavy atom. The number of nitriles is 1. The Morgan fingerprint density at radius 1 is 1.57 bits per heavy atom. The molecule has 0 bridgehead atoms. The molecule has 0 saturated carbocycles. The maximum absolute atomic E-state index is 9.21. The first-order valence-electron chi connectivity index (χ1n) is 4.50. The van der Waals surface area contributed by atoms with Crippen molar-refractivity contribution >= 4 is 0 Å². The molecule has 0 saturated heterocycles. The van der Waals surface area contributed by atoms with Crippen LogP contribution in [-0.4, -0.2) is 10.1 Å². The number of pyridine rings is 1. The number of aromatic nitrogens is 1. The Hall–Kier alpha value is -1.40. The van der Waals surface area contributed by atoms with Crippen molar-refractivity contribution in [2.75, 3.05) is 0 Å². The fraction of sp³-hybridized carbons (Fsp3) is 0.455. The number of aliphatic hydroxyl groups is 1. The van der Waals surface area contributed by atoms with Gasteiger partial charge in [-0.3, -0.25) is 4.98 Å². The summed E-state index contributed by atoms with van der Waals surface area (Å²) in [5.41, 5.74) is 1.76. The minimum absolute atomic E-state index is 0.0693. The molecular formula is C11H14N2O. The Balaban J connectivity index is 3.36. The maximum Gasteiger partial charge on any atom is 0.0940 e. The Labute approximate surface area is 84.0 Å². The van der Waals surface area contributed by atoms with E-state index in [1.807, 2.05) is 13.0 Å². The third-order valence-corrected chi connectivity index (χ3v) is 2.32. The van der Waals surface area contributed by atoms with Crippen LogP contribution in [0, 0.1) is 18.3 Å². The van der Waals surface area contributed by atoms with Crippen LogP contribution in [0.2, 0.25) is 0 Å². The molecule has 1 N–H and O–H groups in total. The van der Waals surface area contributed by atoms with Crippen LogP contribution >= 0.6 is 0 Å². The van der Waals surface area contributed by atoms with Gasteiger partial charge in [0, 0.05) is 11.8 Å². The van der Waals surface area contributed by atoms with Crippen molar-refractivity contribution in [1.29, 1.82) is 5.26 Å². The Morgan fingerprint density at radius 3 is 2.71 bits per heavy atom. The van der Waals surface area contributed by atoms with Gasteiger partial charge in [-0.15, -0.1) is 0 Å². The number of hydrogen-bond donors (Lipinski definition) is 1. The highest BCUT2D eigenvalue weighted by Gasteiger charge is 2.25. The number of rotatable bonds is 2. The van der Waals surface area contributed by atoms with Crippen molar-refractivity contribution in [3.63, 3.8) is 0 Å². The summed E-state index contributed by atoms with van der Waals surface area (Å²) in [5.74, 6) is 0. The molecule has 0 spiro atoms. The van der Waals surface area contributed by atoms with Gasteiger partial charge in [0.2, 0.25) is 0 Å². The van der Waals surface area contributed by atoms with Gasteiger partial charge < -0.3 is 5.11 Å². The summed E-state index contributed by atoms with van der Waals surface area (Å²) < 4.78 is 0. The van der Waals surface area contributed by atoms with Crippen LogP contribution in [0.5, 0.6) is 0 Å². The molecule has 0 atom stereocenters. The molecule has 0 aromatic carbocycles. The molecular weight excluding hydrogens is 176 g/mol. The van der Waals surface area contributed by atoms with Crippen LogP contribution < -0.4 is 0 Å². The van der Waals surface area contributed by atoms with Gasteiger partial charge in [0.1, 0.15) is 0 Å². The molecule has 0 aliphatic heterocycles. The van der Waals surface area contributed by atoms with Crippen molar-refractivity contribution in [3.8, 4) is 6.07 Å². The van der Waals surface area contributed by atoms with Crippen LogP contribution in [0.3, 0.4) is 0 Å². The third-order valence-electron chi connectivity index (χ3n) is 2.32. The lowest BCUT2D eigenvalue weighted by Gasteiger charge is -2.19. The standard InChI is InChI=1S/C11H14N2O/c1-8-4-5-13-10(9(8)6-14)11(2,3)7-12/h4-5,14H,6H2,1-3H3. The van der Waals surface area contributed by atoms with E-state index in [1.165, 1.54) is 0 Å². The molecule has 3 nitrogen and oxygen atoms in total. The average Bonchev–Trinajstić information content (AvgIpc) is 2.17. The highest BCUT2D eigenvalue weighted by molar-refractivity contribution is 5.36. The first kappa shape index (κ1) is 10.7. The summed E-state index contributed by atoms with van der Waals surface area (Å²) in [7, 11) is 0. The van der Waals surface area contributed by atoms with Crippen molar-refractivity contribution < 1.29 is 5.11 Å². The van der Waals surface area contributed by atoms with Gasteiger partial charge >= 0.3 is 0 Å². The lowest BCUT2D eigenvalue weighted by Crippen LogP contribution is -2.19. The minimum atomic E-state index is -0.649. The molecule has 0 fully saturated rings. The molecule has 0 aliphatic carbocycles. The molecule has 1 rings (SSSR count). The zero-order valence-corrected chi connectivity index (χ0v) is 8.70. The van der Waals surface area contributed by atoms with E-state index in [1.54, 1.807) is 20.0 Å². The lowest BCUT2D eigenvalue weighted by atomic mass is 9.86. The number of aliphatic hydroxyl groups excluding tert-OH is 1. The Kier molecular flexibility index (Phi) is 2.87. The highest BCUT2D eigenvalue weighted by Crippen LogP contribution is 2.25. The van der Waals surface area contributed by atoms with Crippen LogP contribution in [0.25, 0.3) is 0 Å². The SMILES string of the molecule is Cc1ccnc(C(C)(C)C#N)c1CO. The lowest BCUT2D eigenvalue weighted by molar-refractivity contribution is 0.277. The second-order valence-electron chi connectivity index (χ2n) is 3.85. The first-order chi connectivity index (χ1) is 6.53. The molecule has 1 heterocycles. The smallest absolute Gasteiger partial charge is 0.0940 e. The molecule has 1 aromatic heterocycles. The van der Waals surface area contributed by atoms with Gasteiger partial charge in [-0.25, -0.2) is 0 Å². The molecule has 74 valence electrons. The van der Waals surface area contributed by atoms with Crippen LogP contribution in [0.1, 0.15) is 30.7 Å². The predicted octanol–water partition coefficient (Wildman–Crippen LogP) is 1.68. The van der Waals surface area contributed by atoms with E-state index in [2.05, 4.69) is 11.1 Å². The maximum atomic E-state index is 9.21. The van der Waals surface area contributed by atoms with E-state index in [9.17, 15) is 5.11 Å². The molecule has 0 radical (unpaired) electrons. The fourth-order valence-corrected chi connectivity index (χ4v) is 1.38. The summed E-state index contributed by atoms with van der Waals surface area (Å²) >= 11 is 0. The molecule has 3 heteroatoms. The van der Waals surface area contributed by atoms with Gasteiger partial charge in [0.25, 0.3) is 0 Å². The number of aryl methyl sites for hydroxylation is 1. The number of hydrogen-bond acceptors (Lipinski definition) is 3. The summed E-state index contributed by atoms with van der Waals surface area (Å²) in [6.45, 7) is 5.44. The second-order valence-corrected chi connectivity index (χ2v) is 3.85. The Bertz CT molecular complexity index is 377. The summed E-state index contributed by atoms with van der Waals surface area (Å²) in [6, 6.07) is 4.02. The van der Waals surface area contributed by atoms with Gasteiger partial charge in [0.05, 0.1) is 23.8 Å². The zero-order valence-electron chi connectivity index (χ0n) is 8.70. The van der Waals surface area contributed by atoms with Crippen LogP contribution in [0.15, 0.2) is 12.3 Å². The molecule has 0 unspecified atom stereocenters. The third kappa shape index (κ3) is 1.75. The van der Waals surface area contributed by atoms with Crippen LogP contribution in [-0.2, 0) is 12.0 Å². The van der Waals surface area contributed by atoms with Gasteiger partial charge in [-0.2, -0.15) is 5.26 Å². The van der Waals surface area contributed by atoms with E-state index in [4.69, 9.17) is 5.26 Å². The zero-order chi connectivity index (χ0) is 10.8. The van der Waals surface area contributed by atoms with E-state index in [-0.39, 0.29) is 6.61 Å². The average molecular weight is 190 g/mol. The van der Waals surface area contributed by atoms with Crippen molar-refractivity contribution in [3.05, 3.63) is 29.1 Å². The summed E-state index contributed by atoms with van der Waals surface area (Å²) in [5, 5.41) is 18.2. The molecule has 14 heavy (non-hydrogen) atoms. The highest BCUT2D eigenvalue weighted by atomic mass is 16.3. The topological polar surface area (TPSA) is 56.9 Å². The van der Waals surface area contributed by atoms with E-state index < -0.39 is 5.41 Å². The normalized spacial score (nSPS) is 11.1. The van der Waals surface area contributed by atoms with Gasteiger partial charge in [-0.1, -0.05) is 0 Å². The minimum Gasteiger partial charge on any atom is -0.392 e. The van der Waals surface area contributed by atoms with Crippen molar-refractivity contribution in [1.82, 2.24) is 4.98 Å². The van der Waals surface area contributed by atoms with Crippen molar-refractivity contribution in [2.45, 2.75) is 32.8 Å². The quantitative estimate of drug-likeness (QED) is 0.772. The van der Waals surface area contributed by atoms with Crippen molar-refractivity contribution in [2.24, 2.45) is 0 Å². The first-order valence-corrected chi connectivity index (χ1v) is 4.50. The van der Waals surface area contributed by atoms with Crippen LogP contribution in [0.4, 0.5) is 0 Å². The van der Waals surface area contributed by atoms with E-state index >= 15 is 0 Å². The van der Waals surface area contributed by atoms with Gasteiger partial charge in [0.15, 0.2) is 0 Å². The second kappa shape index (κ2) is 3.77. The van der Waals surface area contributed by atoms with Gasteiger partial charge in [-0.05, 0) is 32.4 Å². The van der Waals surface area contributed by atoms with E-state index in [0.29, 0.717) is 5.69 Å². The van der Waals surface area contributed by atoms with E-state index in [0.717, 1.165) is 11.1 Å². The largest absolute Gasteiger partial charge is 0.392 e. The summed E-state index contributed by atoms with van der Waals surface area (Å²) in [4.78, 5) is 4.17. The number of nitrogens with zero attached hydrogens (tertiary/aromatic N) is 2. The molecule has 1 aromatic rings. The predicted molar refractivity (Wildman–Crippen MR) is 53.5 cm³/mol. The molecule has 0 aliphatic rings. The summed E-state index contributed by atoms with van der Waals surface area (Å²) in [6.07, 6.45) is 1.67. The monoisotopic (exact) mass is 190 g/mol. The molecule has 0 amide bonds. The fourth-order valence-electron chi connectivity index (χ4n) is 1.38.